The van der Waals surface area contributed by atoms with Crippen LogP contribution in [0.5, 0.6) is 0 Å². The molecule has 0 aliphatic heterocycles. The molecular formula is C38H24N6PtS. The second kappa shape index (κ2) is 11.2. The SMILES string of the molecule is Cc1ccccc1-c1nnc2c3[c-]c(Sc4[c-]c5c(cc4)c4ccccc4n5-c4ccccn4)c(C)nc3c3ccccc3n12.[Pt+2]. The largest absolute Gasteiger partial charge is 2.00 e. The van der Waals surface area contributed by atoms with Crippen LogP contribution in [0.2, 0.25) is 0 Å². The van der Waals surface area contributed by atoms with E-state index in [2.05, 4.69) is 99.7 Å². The molecule has 4 aromatic carbocycles. The van der Waals surface area contributed by atoms with E-state index in [-0.39, 0.29) is 21.1 Å². The van der Waals surface area contributed by atoms with Crippen molar-refractivity contribution in [2.75, 3.05) is 0 Å². The van der Waals surface area contributed by atoms with E-state index in [1.54, 1.807) is 11.8 Å². The number of aryl methyl sites for hydroxylation is 2. The minimum absolute atomic E-state index is 0. The van der Waals surface area contributed by atoms with Crippen LogP contribution in [0, 0.1) is 26.0 Å². The minimum Gasteiger partial charge on any atom is -0.347 e. The number of aromatic nitrogens is 6. The topological polar surface area (TPSA) is 60.9 Å². The number of benzene rings is 4. The first kappa shape index (κ1) is 28.6. The van der Waals surface area contributed by atoms with Crippen LogP contribution in [-0.2, 0) is 21.1 Å². The van der Waals surface area contributed by atoms with Crippen LogP contribution in [0.25, 0.3) is 66.5 Å². The molecule has 0 bridgehead atoms. The molecule has 0 amide bonds. The molecule has 0 radical (unpaired) electrons. The van der Waals surface area contributed by atoms with E-state index in [1.165, 1.54) is 5.39 Å². The van der Waals surface area contributed by atoms with Crippen molar-refractivity contribution in [1.29, 1.82) is 0 Å². The normalized spacial score (nSPS) is 11.6. The molecule has 0 atom stereocenters. The maximum absolute atomic E-state index is 5.15. The van der Waals surface area contributed by atoms with Crippen molar-refractivity contribution in [3.8, 4) is 17.2 Å². The van der Waals surface area contributed by atoms with Gasteiger partial charge in [-0.15, -0.1) is 39.3 Å². The van der Waals surface area contributed by atoms with E-state index in [0.29, 0.717) is 0 Å². The summed E-state index contributed by atoms with van der Waals surface area (Å²) in [5, 5.41) is 13.6. The maximum atomic E-state index is 5.15. The van der Waals surface area contributed by atoms with Crippen molar-refractivity contribution < 1.29 is 21.1 Å². The molecule has 0 fully saturated rings. The fourth-order valence-electron chi connectivity index (χ4n) is 6.30. The molecular weight excluding hydrogens is 768 g/mol. The molecule has 6 nitrogen and oxygen atoms in total. The molecule has 0 saturated heterocycles. The third-order valence-corrected chi connectivity index (χ3v) is 9.46. The smallest absolute Gasteiger partial charge is 0.347 e. The van der Waals surface area contributed by atoms with Crippen molar-refractivity contribution in [1.82, 2.24) is 29.1 Å². The predicted molar refractivity (Wildman–Crippen MR) is 181 cm³/mol. The van der Waals surface area contributed by atoms with Gasteiger partial charge in [0.1, 0.15) is 5.82 Å². The van der Waals surface area contributed by atoms with E-state index >= 15 is 0 Å². The number of hydrogen-bond acceptors (Lipinski definition) is 5. The third kappa shape index (κ3) is 4.38. The van der Waals surface area contributed by atoms with Crippen molar-refractivity contribution >= 4 is 61.0 Å². The first-order valence-electron chi connectivity index (χ1n) is 14.8. The molecule has 9 rings (SSSR count). The monoisotopic (exact) mass is 791 g/mol. The number of pyridine rings is 3. The Balaban J connectivity index is 0.00000312. The van der Waals surface area contributed by atoms with Gasteiger partial charge in [-0.1, -0.05) is 89.5 Å². The molecule has 0 aliphatic carbocycles. The second-order valence-corrected chi connectivity index (χ2v) is 12.2. The number of rotatable bonds is 4. The molecule has 9 aromatic rings. The van der Waals surface area contributed by atoms with Gasteiger partial charge < -0.3 is 14.0 Å². The zero-order valence-electron chi connectivity index (χ0n) is 24.8. The summed E-state index contributed by atoms with van der Waals surface area (Å²) in [6.07, 6.45) is 1.83. The number of nitrogens with zero attached hydrogens (tertiary/aromatic N) is 6. The Bertz CT molecular complexity index is 2610. The average molecular weight is 792 g/mol. The van der Waals surface area contributed by atoms with Crippen molar-refractivity contribution in [3.63, 3.8) is 0 Å². The minimum atomic E-state index is 0. The Morgan fingerprint density at radius 1 is 0.696 bits per heavy atom. The van der Waals surface area contributed by atoms with Crippen LogP contribution in [0.3, 0.4) is 0 Å². The zero-order valence-corrected chi connectivity index (χ0v) is 27.9. The molecule has 0 unspecified atom stereocenters. The summed E-state index contributed by atoms with van der Waals surface area (Å²) < 4.78 is 4.33. The van der Waals surface area contributed by atoms with E-state index in [4.69, 9.17) is 15.2 Å². The van der Waals surface area contributed by atoms with Gasteiger partial charge in [-0.05, 0) is 58.7 Å². The van der Waals surface area contributed by atoms with Gasteiger partial charge in [0.15, 0.2) is 5.82 Å². The maximum Gasteiger partial charge on any atom is 2.00 e. The van der Waals surface area contributed by atoms with Crippen LogP contribution in [0.4, 0.5) is 0 Å². The fraction of sp³-hybridized carbons (Fsp3) is 0.0526. The van der Waals surface area contributed by atoms with Crippen LogP contribution in [0.1, 0.15) is 11.3 Å². The molecule has 0 saturated carbocycles. The van der Waals surface area contributed by atoms with Gasteiger partial charge in [0.2, 0.25) is 0 Å². The average Bonchev–Trinajstić information content (AvgIpc) is 3.66. The van der Waals surface area contributed by atoms with Crippen LogP contribution < -0.4 is 0 Å². The summed E-state index contributed by atoms with van der Waals surface area (Å²) in [4.78, 5) is 11.7. The summed E-state index contributed by atoms with van der Waals surface area (Å²) in [5.41, 5.74) is 7.82. The summed E-state index contributed by atoms with van der Waals surface area (Å²) in [7, 11) is 0. The van der Waals surface area contributed by atoms with E-state index < -0.39 is 0 Å². The van der Waals surface area contributed by atoms with E-state index in [0.717, 1.165) is 82.1 Å². The van der Waals surface area contributed by atoms with Gasteiger partial charge in [-0.2, -0.15) is 17.2 Å². The van der Waals surface area contributed by atoms with E-state index in [1.807, 2.05) is 49.5 Å². The quantitative estimate of drug-likeness (QED) is 0.132. The molecule has 222 valence electrons. The molecule has 0 aliphatic rings. The molecule has 8 heteroatoms. The second-order valence-electron chi connectivity index (χ2n) is 11.1. The molecule has 5 aromatic heterocycles. The van der Waals surface area contributed by atoms with Gasteiger partial charge in [0, 0.05) is 22.8 Å². The molecule has 5 heterocycles. The Hall–Kier alpha value is -4.84. The predicted octanol–water partition coefficient (Wildman–Crippen LogP) is 8.96. The molecule has 46 heavy (non-hydrogen) atoms. The molecule has 0 N–H and O–H groups in total. The van der Waals surface area contributed by atoms with Gasteiger partial charge in [-0.3, -0.25) is 0 Å². The Kier molecular flexibility index (Phi) is 6.97. The Morgan fingerprint density at radius 2 is 1.46 bits per heavy atom. The summed E-state index contributed by atoms with van der Waals surface area (Å²) in [6.45, 7) is 4.15. The van der Waals surface area contributed by atoms with Gasteiger partial charge in [0.25, 0.3) is 0 Å². The van der Waals surface area contributed by atoms with Gasteiger partial charge in [0.05, 0.1) is 5.65 Å². The Labute approximate surface area is 283 Å². The standard InChI is InChI=1S/C38H24N6S.Pt/c1-23-11-3-4-12-26(23)37-41-42-38-30-22-34(24(2)40-36(30)29-14-6-8-16-32(29)44(37)38)45-25-18-19-28-27-13-5-7-15-31(27)43(33(28)21-25)35-17-9-10-20-39-35;/h3-20H,1-2H3;/q-2;+2. The summed E-state index contributed by atoms with van der Waals surface area (Å²) in [5.74, 6) is 1.67. The van der Waals surface area contributed by atoms with Crippen molar-refractivity contribution in [2.45, 2.75) is 23.6 Å². The third-order valence-electron chi connectivity index (χ3n) is 8.40. The van der Waals surface area contributed by atoms with Gasteiger partial charge in [-0.25, -0.2) is 4.98 Å². The summed E-state index contributed by atoms with van der Waals surface area (Å²) >= 11 is 1.61. The molecule has 0 spiro atoms. The first-order valence-corrected chi connectivity index (χ1v) is 15.6. The van der Waals surface area contributed by atoms with Crippen LogP contribution >= 0.6 is 11.8 Å². The Morgan fingerprint density at radius 3 is 2.28 bits per heavy atom. The van der Waals surface area contributed by atoms with E-state index in [9.17, 15) is 0 Å². The van der Waals surface area contributed by atoms with Crippen LogP contribution in [0.15, 0.2) is 119 Å². The number of para-hydroxylation sites is 2. The summed E-state index contributed by atoms with van der Waals surface area (Å²) in [6, 6.07) is 42.8. The first-order chi connectivity index (χ1) is 22.2. The van der Waals surface area contributed by atoms with Crippen molar-refractivity contribution in [2.24, 2.45) is 0 Å². The van der Waals surface area contributed by atoms with Crippen LogP contribution in [-0.4, -0.2) is 29.1 Å². The van der Waals surface area contributed by atoms with Crippen molar-refractivity contribution in [3.05, 3.63) is 133 Å². The van der Waals surface area contributed by atoms with Gasteiger partial charge >= 0.3 is 21.1 Å². The fourth-order valence-corrected chi connectivity index (χ4v) is 7.15. The number of hydrogen-bond donors (Lipinski definition) is 0. The zero-order chi connectivity index (χ0) is 30.1. The number of fused-ring (bicyclic) bond motifs is 9.